The van der Waals surface area contributed by atoms with Gasteiger partial charge in [-0.05, 0) is 31.9 Å². The second kappa shape index (κ2) is 4.90. The molecule has 0 saturated heterocycles. The number of hydrogen-bond acceptors (Lipinski definition) is 3. The normalized spacial score (nSPS) is 18.4. The Morgan fingerprint density at radius 1 is 1.16 bits per heavy atom. The molecule has 19 heavy (non-hydrogen) atoms. The maximum atomic E-state index is 12.8. The first kappa shape index (κ1) is 14.0. The minimum Gasteiger partial charge on any atom is -0.373 e. The average Bonchev–Trinajstić information content (AvgIpc) is 2.74. The smallest absolute Gasteiger partial charge is 0.373 e. The van der Waals surface area contributed by atoms with Crippen LogP contribution < -0.4 is 10.6 Å². The first-order valence-corrected chi connectivity index (χ1v) is 6.38. The molecular formula is C13H18F3N3. The van der Waals surface area contributed by atoms with Crippen molar-refractivity contribution in [2.45, 2.75) is 44.3 Å². The Labute approximate surface area is 110 Å². The zero-order valence-corrected chi connectivity index (χ0v) is 11.1. The lowest BCUT2D eigenvalue weighted by Crippen LogP contribution is -2.31. The zero-order valence-electron chi connectivity index (χ0n) is 11.1. The average molecular weight is 273 g/mol. The number of alkyl halides is 3. The minimum absolute atomic E-state index is 0.151. The van der Waals surface area contributed by atoms with E-state index in [1.807, 2.05) is 6.92 Å². The number of rotatable bonds is 3. The van der Waals surface area contributed by atoms with Crippen LogP contribution in [0.3, 0.4) is 0 Å². The number of hydrogen-bond donors (Lipinski definition) is 2. The number of pyridine rings is 1. The Morgan fingerprint density at radius 3 is 2.26 bits per heavy atom. The van der Waals surface area contributed by atoms with E-state index in [4.69, 9.17) is 0 Å². The van der Waals surface area contributed by atoms with Crippen molar-refractivity contribution in [2.24, 2.45) is 0 Å². The van der Waals surface area contributed by atoms with E-state index in [0.29, 0.717) is 0 Å². The van der Waals surface area contributed by atoms with Gasteiger partial charge in [0.25, 0.3) is 0 Å². The molecule has 106 valence electrons. The highest BCUT2D eigenvalue weighted by Crippen LogP contribution is 2.35. The van der Waals surface area contributed by atoms with Crippen LogP contribution in [0.15, 0.2) is 12.1 Å². The zero-order chi connectivity index (χ0) is 14.1. The molecule has 1 heterocycles. The molecule has 0 radical (unpaired) electrons. The summed E-state index contributed by atoms with van der Waals surface area (Å²) in [6.45, 7) is 2.03. The lowest BCUT2D eigenvalue weighted by atomic mass is 10.0. The van der Waals surface area contributed by atoms with Crippen molar-refractivity contribution in [1.82, 2.24) is 4.98 Å². The van der Waals surface area contributed by atoms with Gasteiger partial charge in [-0.3, -0.25) is 0 Å². The summed E-state index contributed by atoms with van der Waals surface area (Å²) >= 11 is 0. The van der Waals surface area contributed by atoms with E-state index in [2.05, 4.69) is 15.6 Å². The molecule has 2 N–H and O–H groups in total. The lowest BCUT2D eigenvalue weighted by Gasteiger charge is -2.26. The van der Waals surface area contributed by atoms with Gasteiger partial charge in [0.2, 0.25) is 0 Å². The SMILES string of the molecule is CNc1cc(C(F)(F)F)cc(NC2(C)CCCC2)n1. The van der Waals surface area contributed by atoms with Crippen LogP contribution in [0.1, 0.15) is 38.2 Å². The molecule has 1 aliphatic rings. The summed E-state index contributed by atoms with van der Waals surface area (Å²) in [7, 11) is 1.56. The van der Waals surface area contributed by atoms with Crippen LogP contribution in [0.4, 0.5) is 24.8 Å². The van der Waals surface area contributed by atoms with E-state index in [1.54, 1.807) is 7.05 Å². The van der Waals surface area contributed by atoms with Crippen molar-refractivity contribution in [3.63, 3.8) is 0 Å². The highest BCUT2D eigenvalue weighted by Gasteiger charge is 2.33. The van der Waals surface area contributed by atoms with E-state index in [9.17, 15) is 13.2 Å². The molecule has 0 aromatic carbocycles. The van der Waals surface area contributed by atoms with E-state index in [1.165, 1.54) is 0 Å². The highest BCUT2D eigenvalue weighted by molar-refractivity contribution is 5.50. The van der Waals surface area contributed by atoms with Gasteiger partial charge in [-0.1, -0.05) is 12.8 Å². The summed E-state index contributed by atoms with van der Waals surface area (Å²) in [6.07, 6.45) is -0.246. The minimum atomic E-state index is -4.36. The molecule has 6 heteroatoms. The van der Waals surface area contributed by atoms with Gasteiger partial charge in [-0.25, -0.2) is 4.98 Å². The van der Waals surface area contributed by atoms with Gasteiger partial charge in [0, 0.05) is 12.6 Å². The third-order valence-corrected chi connectivity index (χ3v) is 3.55. The maximum Gasteiger partial charge on any atom is 0.416 e. The van der Waals surface area contributed by atoms with Gasteiger partial charge in [0.1, 0.15) is 11.6 Å². The number of nitrogens with one attached hydrogen (secondary N) is 2. The van der Waals surface area contributed by atoms with Gasteiger partial charge >= 0.3 is 6.18 Å². The predicted octanol–water partition coefficient (Wildman–Crippen LogP) is 3.89. The summed E-state index contributed by atoms with van der Waals surface area (Å²) in [6, 6.07) is 2.09. The van der Waals surface area contributed by atoms with Crippen LogP contribution in [0.2, 0.25) is 0 Å². The number of anilines is 2. The fourth-order valence-corrected chi connectivity index (χ4v) is 2.48. The third kappa shape index (κ3) is 3.30. The molecule has 0 aliphatic heterocycles. The Hall–Kier alpha value is -1.46. The lowest BCUT2D eigenvalue weighted by molar-refractivity contribution is -0.137. The monoisotopic (exact) mass is 273 g/mol. The largest absolute Gasteiger partial charge is 0.416 e. The summed E-state index contributed by atoms with van der Waals surface area (Å²) < 4.78 is 38.4. The van der Waals surface area contributed by atoms with Crippen LogP contribution in [0.25, 0.3) is 0 Å². The van der Waals surface area contributed by atoms with Crippen LogP contribution >= 0.6 is 0 Å². The molecule has 1 saturated carbocycles. The van der Waals surface area contributed by atoms with Gasteiger partial charge in [-0.15, -0.1) is 0 Å². The summed E-state index contributed by atoms with van der Waals surface area (Å²) in [5.41, 5.74) is -0.835. The van der Waals surface area contributed by atoms with Crippen molar-refractivity contribution in [3.05, 3.63) is 17.7 Å². The van der Waals surface area contributed by atoms with E-state index >= 15 is 0 Å². The second-order valence-corrected chi connectivity index (χ2v) is 5.27. The van der Waals surface area contributed by atoms with Crippen LogP contribution in [0, 0.1) is 0 Å². The van der Waals surface area contributed by atoms with E-state index in [0.717, 1.165) is 37.8 Å². The Bertz CT molecular complexity index is 451. The molecule has 0 atom stereocenters. The fourth-order valence-electron chi connectivity index (χ4n) is 2.48. The molecule has 0 amide bonds. The van der Waals surface area contributed by atoms with Crippen LogP contribution in [0.5, 0.6) is 0 Å². The Kier molecular flexibility index (Phi) is 3.60. The van der Waals surface area contributed by atoms with Crippen molar-refractivity contribution in [1.29, 1.82) is 0 Å². The topological polar surface area (TPSA) is 37.0 Å². The molecular weight excluding hydrogens is 255 g/mol. The van der Waals surface area contributed by atoms with Crippen molar-refractivity contribution in [2.75, 3.05) is 17.7 Å². The molecule has 0 unspecified atom stereocenters. The van der Waals surface area contributed by atoms with E-state index in [-0.39, 0.29) is 17.2 Å². The van der Waals surface area contributed by atoms with Gasteiger partial charge < -0.3 is 10.6 Å². The molecule has 1 aromatic rings. The predicted molar refractivity (Wildman–Crippen MR) is 69.3 cm³/mol. The summed E-state index contributed by atoms with van der Waals surface area (Å²) in [5.74, 6) is 0.502. The van der Waals surface area contributed by atoms with Gasteiger partial charge in [-0.2, -0.15) is 13.2 Å². The standard InChI is InChI=1S/C13H18F3N3/c1-12(5-3-4-6-12)19-11-8-9(13(14,15)16)7-10(17-2)18-11/h7-8H,3-6H2,1-2H3,(H2,17,18,19). The van der Waals surface area contributed by atoms with Crippen LogP contribution in [-0.2, 0) is 6.18 Å². The summed E-state index contributed by atoms with van der Waals surface area (Å²) in [5, 5.41) is 5.82. The van der Waals surface area contributed by atoms with E-state index < -0.39 is 11.7 Å². The first-order valence-electron chi connectivity index (χ1n) is 6.38. The van der Waals surface area contributed by atoms with Crippen molar-refractivity contribution < 1.29 is 13.2 Å². The Morgan fingerprint density at radius 2 is 1.74 bits per heavy atom. The fraction of sp³-hybridized carbons (Fsp3) is 0.615. The molecule has 2 rings (SSSR count). The molecule has 1 aromatic heterocycles. The maximum absolute atomic E-state index is 12.8. The summed E-state index contributed by atoms with van der Waals surface area (Å²) in [4.78, 5) is 4.15. The molecule has 1 fully saturated rings. The molecule has 1 aliphatic carbocycles. The molecule has 0 spiro atoms. The molecule has 0 bridgehead atoms. The second-order valence-electron chi connectivity index (χ2n) is 5.27. The third-order valence-electron chi connectivity index (χ3n) is 3.55. The highest BCUT2D eigenvalue weighted by atomic mass is 19.4. The van der Waals surface area contributed by atoms with Crippen molar-refractivity contribution >= 4 is 11.6 Å². The van der Waals surface area contributed by atoms with Crippen LogP contribution in [-0.4, -0.2) is 17.6 Å². The molecule has 3 nitrogen and oxygen atoms in total. The number of halogens is 3. The Balaban J connectivity index is 2.29. The first-order chi connectivity index (χ1) is 8.82. The quantitative estimate of drug-likeness (QED) is 0.877. The number of aromatic nitrogens is 1. The number of nitrogens with zero attached hydrogens (tertiary/aromatic N) is 1. The van der Waals surface area contributed by atoms with Gasteiger partial charge in [0.05, 0.1) is 5.56 Å². The van der Waals surface area contributed by atoms with Gasteiger partial charge in [0.15, 0.2) is 0 Å². The van der Waals surface area contributed by atoms with Crippen molar-refractivity contribution in [3.8, 4) is 0 Å².